The number of rotatable bonds is 5. The average Bonchev–Trinajstić information content (AvgIpc) is 3.41. The maximum Gasteiger partial charge on any atom is 0.247 e. The highest BCUT2D eigenvalue weighted by molar-refractivity contribution is 6.03. The number of hydrogen-bond acceptors (Lipinski definition) is 4. The number of aromatic nitrogens is 2. The summed E-state index contributed by atoms with van der Waals surface area (Å²) in [5.74, 6) is 0.602. The largest absolute Gasteiger partial charge is 0.247 e. The summed E-state index contributed by atoms with van der Waals surface area (Å²) in [6.45, 7) is 0. The van der Waals surface area contributed by atoms with Gasteiger partial charge in [0.25, 0.3) is 0 Å². The molecule has 0 unspecified atom stereocenters. The summed E-state index contributed by atoms with van der Waals surface area (Å²) in [4.78, 5) is 10.0. The molecule has 1 aliphatic rings. The highest BCUT2D eigenvalue weighted by Crippen LogP contribution is 2.37. The first-order valence-corrected chi connectivity index (χ1v) is 11.8. The number of hydrogen-bond donors (Lipinski definition) is 0. The lowest BCUT2D eigenvalue weighted by Crippen LogP contribution is -2.21. The molecule has 2 heterocycles. The molecule has 6 rings (SSSR count). The van der Waals surface area contributed by atoms with E-state index in [1.807, 2.05) is 53.5 Å². The Hall–Kier alpha value is -4.57. The van der Waals surface area contributed by atoms with Gasteiger partial charge in [0.05, 0.1) is 23.1 Å². The van der Waals surface area contributed by atoms with Crippen molar-refractivity contribution < 1.29 is 0 Å². The van der Waals surface area contributed by atoms with E-state index in [0.717, 1.165) is 40.2 Å². The SMILES string of the molecule is c1ccc(C2=NN(c3nc(-c4ccccc4)cc(-c4ccccc4)n3)[C@@H](c3ccccc3)C2)cc1. The molecular weight excluding hydrogens is 428 g/mol. The van der Waals surface area contributed by atoms with Crippen LogP contribution in [0, 0.1) is 0 Å². The van der Waals surface area contributed by atoms with Gasteiger partial charge in [-0.25, -0.2) is 15.0 Å². The molecule has 0 radical (unpaired) electrons. The molecular formula is C31H24N4. The molecule has 1 atom stereocenters. The molecule has 4 aromatic carbocycles. The van der Waals surface area contributed by atoms with E-state index in [1.165, 1.54) is 5.56 Å². The highest BCUT2D eigenvalue weighted by atomic mass is 15.5. The van der Waals surface area contributed by atoms with E-state index in [0.29, 0.717) is 5.95 Å². The zero-order valence-corrected chi connectivity index (χ0v) is 19.2. The number of hydrazone groups is 1. The van der Waals surface area contributed by atoms with Gasteiger partial charge in [-0.05, 0) is 17.2 Å². The van der Waals surface area contributed by atoms with Crippen LogP contribution in [0.4, 0.5) is 5.95 Å². The van der Waals surface area contributed by atoms with Gasteiger partial charge < -0.3 is 0 Å². The molecule has 1 aromatic heterocycles. The molecule has 35 heavy (non-hydrogen) atoms. The van der Waals surface area contributed by atoms with Crippen LogP contribution in [0.5, 0.6) is 0 Å². The van der Waals surface area contributed by atoms with Gasteiger partial charge in [0, 0.05) is 17.5 Å². The monoisotopic (exact) mass is 452 g/mol. The van der Waals surface area contributed by atoms with Crippen LogP contribution in [0.25, 0.3) is 22.5 Å². The Bertz CT molecular complexity index is 1390. The van der Waals surface area contributed by atoms with Crippen molar-refractivity contribution in [3.05, 3.63) is 139 Å². The lowest BCUT2D eigenvalue weighted by atomic mass is 9.98. The third-order valence-electron chi connectivity index (χ3n) is 6.26. The first-order chi connectivity index (χ1) is 17.3. The van der Waals surface area contributed by atoms with Crippen molar-refractivity contribution in [1.29, 1.82) is 0 Å². The molecule has 1 aliphatic heterocycles. The lowest BCUT2D eigenvalue weighted by Gasteiger charge is -2.23. The summed E-state index contributed by atoms with van der Waals surface area (Å²) in [6.07, 6.45) is 0.785. The molecule has 4 nitrogen and oxygen atoms in total. The van der Waals surface area contributed by atoms with E-state index in [1.54, 1.807) is 0 Å². The fourth-order valence-corrected chi connectivity index (χ4v) is 4.49. The van der Waals surface area contributed by atoms with Crippen molar-refractivity contribution in [2.24, 2.45) is 5.10 Å². The third-order valence-corrected chi connectivity index (χ3v) is 6.26. The Morgan fingerprint density at radius 2 is 1.00 bits per heavy atom. The normalized spacial score (nSPS) is 15.1. The van der Waals surface area contributed by atoms with Crippen molar-refractivity contribution in [3.8, 4) is 22.5 Å². The van der Waals surface area contributed by atoms with E-state index in [9.17, 15) is 0 Å². The molecule has 168 valence electrons. The molecule has 0 saturated carbocycles. The first kappa shape index (κ1) is 21.0. The van der Waals surface area contributed by atoms with Crippen molar-refractivity contribution in [1.82, 2.24) is 9.97 Å². The fraction of sp³-hybridized carbons (Fsp3) is 0.0645. The van der Waals surface area contributed by atoms with Crippen LogP contribution in [0.3, 0.4) is 0 Å². The molecule has 0 aliphatic carbocycles. The van der Waals surface area contributed by atoms with Crippen LogP contribution in [-0.2, 0) is 0 Å². The Kier molecular flexibility index (Phi) is 5.61. The van der Waals surface area contributed by atoms with Gasteiger partial charge >= 0.3 is 0 Å². The predicted molar refractivity (Wildman–Crippen MR) is 142 cm³/mol. The van der Waals surface area contributed by atoms with Crippen LogP contribution in [0.15, 0.2) is 132 Å². The molecule has 0 N–H and O–H groups in total. The Labute approximate surface area is 205 Å². The summed E-state index contributed by atoms with van der Waals surface area (Å²) in [7, 11) is 0. The molecule has 5 aromatic rings. The van der Waals surface area contributed by atoms with Crippen molar-refractivity contribution in [3.63, 3.8) is 0 Å². The van der Waals surface area contributed by atoms with Crippen LogP contribution in [0.1, 0.15) is 23.6 Å². The first-order valence-electron chi connectivity index (χ1n) is 11.8. The Balaban J connectivity index is 1.52. The van der Waals surface area contributed by atoms with Crippen LogP contribution < -0.4 is 5.01 Å². The molecule has 0 fully saturated rings. The van der Waals surface area contributed by atoms with E-state index >= 15 is 0 Å². The van der Waals surface area contributed by atoms with Gasteiger partial charge in [0.1, 0.15) is 0 Å². The molecule has 0 bridgehead atoms. The summed E-state index contributed by atoms with van der Waals surface area (Å²) >= 11 is 0. The quantitative estimate of drug-likeness (QED) is 0.284. The summed E-state index contributed by atoms with van der Waals surface area (Å²) in [5, 5.41) is 7.08. The van der Waals surface area contributed by atoms with E-state index in [2.05, 4.69) is 78.9 Å². The molecule has 4 heteroatoms. The number of benzene rings is 4. The summed E-state index contributed by atoms with van der Waals surface area (Å²) < 4.78 is 0. The Morgan fingerprint density at radius 1 is 0.543 bits per heavy atom. The fourth-order valence-electron chi connectivity index (χ4n) is 4.49. The number of anilines is 1. The summed E-state index contributed by atoms with van der Waals surface area (Å²) in [6, 6.07) is 43.4. The minimum absolute atomic E-state index is 0.0149. The highest BCUT2D eigenvalue weighted by Gasteiger charge is 2.32. The summed E-state index contributed by atoms with van der Waals surface area (Å²) in [5.41, 5.74) is 7.21. The van der Waals surface area contributed by atoms with Crippen molar-refractivity contribution >= 4 is 11.7 Å². The topological polar surface area (TPSA) is 41.4 Å². The second-order valence-corrected chi connectivity index (χ2v) is 8.56. The van der Waals surface area contributed by atoms with Crippen molar-refractivity contribution in [2.45, 2.75) is 12.5 Å². The maximum absolute atomic E-state index is 5.08. The van der Waals surface area contributed by atoms with Crippen LogP contribution in [0.2, 0.25) is 0 Å². The van der Waals surface area contributed by atoms with E-state index in [4.69, 9.17) is 15.1 Å². The van der Waals surface area contributed by atoms with Crippen LogP contribution in [-0.4, -0.2) is 15.7 Å². The van der Waals surface area contributed by atoms with Gasteiger partial charge in [0.2, 0.25) is 5.95 Å². The molecule has 0 amide bonds. The zero-order valence-electron chi connectivity index (χ0n) is 19.2. The van der Waals surface area contributed by atoms with Gasteiger partial charge in [0.15, 0.2) is 0 Å². The minimum atomic E-state index is 0.0149. The van der Waals surface area contributed by atoms with E-state index < -0.39 is 0 Å². The van der Waals surface area contributed by atoms with Crippen molar-refractivity contribution in [2.75, 3.05) is 5.01 Å². The average molecular weight is 453 g/mol. The van der Waals surface area contributed by atoms with E-state index in [-0.39, 0.29) is 6.04 Å². The second-order valence-electron chi connectivity index (χ2n) is 8.56. The van der Waals surface area contributed by atoms with Gasteiger partial charge in [-0.3, -0.25) is 0 Å². The van der Waals surface area contributed by atoms with Gasteiger partial charge in [-0.15, -0.1) is 0 Å². The van der Waals surface area contributed by atoms with Gasteiger partial charge in [-0.1, -0.05) is 121 Å². The molecule has 0 spiro atoms. The zero-order chi connectivity index (χ0) is 23.5. The number of nitrogens with zero attached hydrogens (tertiary/aromatic N) is 4. The second kappa shape index (κ2) is 9.35. The Morgan fingerprint density at radius 3 is 1.51 bits per heavy atom. The smallest absolute Gasteiger partial charge is 0.223 e. The lowest BCUT2D eigenvalue weighted by molar-refractivity contribution is 0.687. The van der Waals surface area contributed by atoms with Gasteiger partial charge in [-0.2, -0.15) is 5.10 Å². The standard InChI is InChI=1S/C31H24N4/c1-5-13-23(14-6-1)27-21-28(24-15-7-2-8-16-24)33-31(32-27)35-30(26-19-11-4-12-20-26)22-29(34-35)25-17-9-3-10-18-25/h1-21,30H,22H2/t30-/m1/s1. The minimum Gasteiger partial charge on any atom is -0.223 e. The maximum atomic E-state index is 5.08. The van der Waals surface area contributed by atoms with Crippen LogP contribution >= 0.6 is 0 Å². The predicted octanol–water partition coefficient (Wildman–Crippen LogP) is 7.17. The molecule has 0 saturated heterocycles. The third kappa shape index (κ3) is 4.34.